The van der Waals surface area contributed by atoms with E-state index < -0.39 is 96.5 Å². The van der Waals surface area contributed by atoms with E-state index in [2.05, 4.69) is 29.6 Å². The molecular formula is C58H51BF10IN7O5S2. The fraction of sp³-hybridized carbons (Fsp3) is 0.362. The number of aliphatic imine (C=N–C) groups is 2. The zero-order chi connectivity index (χ0) is 61.3. The van der Waals surface area contributed by atoms with E-state index in [9.17, 15) is 44.3 Å². The molecule has 0 aliphatic carbocycles. The Morgan fingerprint density at radius 1 is 0.738 bits per heavy atom. The fourth-order valence-corrected chi connectivity index (χ4v) is 12.8. The maximum atomic E-state index is 15.5. The standard InChI is InChI=1S/C27H28BF4NO4S.C22H17F5N4OS.C9H6FIN2/c1-24(2)25(3,4)37-28(36-24)17-10-11-20(29)18(12-17)26-15-35-23(27(30,31)32)19(26)14-38-22(33-26)13-21(34)16-8-6-5-7-9-16;1-11-5-13(29-2)8-30-18(11)17(24)7-12-3-4-16(23)14(6-12)21-10-32-19(22(25,26)27)15(21)9-33-20(28)31-21;1-6-3-7(12-2)5-13-9(6)8(10)4-11/h5-12,19,23H,13-15H2,1-4H3;3-8,15,19H,9-10H2,1H3,(H2,28,31);3-5H,1H3/b;17-7-;8-4-/t19-,23+,26-;15-,19+,21-;/m11./s1. The number of Topliss-reactive ketones (excluding diaryl/α,β-unsaturated/α-hetero) is 1. The zero-order valence-corrected chi connectivity index (χ0v) is 49.3. The van der Waals surface area contributed by atoms with Crippen LogP contribution in [-0.4, -0.2) is 93.6 Å². The fourth-order valence-electron chi connectivity index (χ4n) is 10.2. The summed E-state index contributed by atoms with van der Waals surface area (Å²) in [4.78, 5) is 36.0. The molecular weight excluding hydrogens is 1270 g/mol. The SMILES string of the molecule is CC1(C)OB(c2ccc(F)c([C@]34CO[C@H](C(F)(F)F)[C@H]3CSC(CC(=O)c3ccccc3)=N4)c2)OC1(C)C.[C-]#[N+]c1cnc(/C(F)=C/I)c(C)c1.[C-]#[N+]c1cnc(/C(F)=C/c2ccc(F)c([C@]34CO[C@H](C(F)(F)F)[C@H]3CSC(N)=N4)c2)c(C)c1. The highest BCUT2D eigenvalue weighted by Gasteiger charge is 2.64. The summed E-state index contributed by atoms with van der Waals surface area (Å²) in [5, 5.41) is 0.380. The van der Waals surface area contributed by atoms with Crippen molar-refractivity contribution in [2.45, 2.75) is 94.8 Å². The molecule has 440 valence electrons. The number of ketones is 1. The molecule has 3 saturated heterocycles. The first kappa shape index (κ1) is 63.9. The Balaban J connectivity index is 0.000000182. The van der Waals surface area contributed by atoms with E-state index in [1.165, 1.54) is 52.9 Å². The molecule has 26 heteroatoms. The number of nitrogens with zero attached hydrogens (tertiary/aromatic N) is 6. The maximum absolute atomic E-state index is 15.5. The van der Waals surface area contributed by atoms with Gasteiger partial charge in [0.1, 0.15) is 28.5 Å². The van der Waals surface area contributed by atoms with Gasteiger partial charge in [-0.1, -0.05) is 60.3 Å². The van der Waals surface area contributed by atoms with Crippen LogP contribution < -0.4 is 11.2 Å². The Bertz CT molecular complexity index is 3540. The molecule has 7 heterocycles. The van der Waals surface area contributed by atoms with E-state index in [-0.39, 0.29) is 62.8 Å². The summed E-state index contributed by atoms with van der Waals surface area (Å²) in [6, 6.07) is 19.5. The van der Waals surface area contributed by atoms with Gasteiger partial charge in [0.05, 0.1) is 60.4 Å². The summed E-state index contributed by atoms with van der Waals surface area (Å²) in [5.41, 5.74) is 4.25. The summed E-state index contributed by atoms with van der Waals surface area (Å²) in [5.74, 6) is -5.26. The number of hydrogen-bond donors (Lipinski definition) is 1. The van der Waals surface area contributed by atoms with Crippen molar-refractivity contribution < 1.29 is 67.5 Å². The Morgan fingerprint density at radius 3 is 1.75 bits per heavy atom. The van der Waals surface area contributed by atoms with Crippen LogP contribution in [0.25, 0.3) is 27.4 Å². The molecule has 2 N–H and O–H groups in total. The highest BCUT2D eigenvalue weighted by Crippen LogP contribution is 2.54. The van der Waals surface area contributed by atoms with Gasteiger partial charge in [0.2, 0.25) is 11.4 Å². The number of nitrogens with two attached hydrogens (primary N) is 1. The average Bonchev–Trinajstić information content (AvgIpc) is 4.09. The van der Waals surface area contributed by atoms with Crippen LogP contribution in [0.4, 0.5) is 55.3 Å². The molecule has 0 bridgehead atoms. The second-order valence-electron chi connectivity index (χ2n) is 21.1. The van der Waals surface area contributed by atoms with Crippen LogP contribution in [-0.2, 0) is 29.9 Å². The van der Waals surface area contributed by atoms with Crippen LogP contribution in [0.15, 0.2) is 105 Å². The Kier molecular flexibility index (Phi) is 19.1. The minimum Gasteiger partial charge on any atom is -0.399 e. The summed E-state index contributed by atoms with van der Waals surface area (Å²) in [6.45, 7) is 23.6. The lowest BCUT2D eigenvalue weighted by molar-refractivity contribution is -0.215. The minimum atomic E-state index is -4.66. The number of alkyl halides is 6. The van der Waals surface area contributed by atoms with Gasteiger partial charge < -0.3 is 24.5 Å². The lowest BCUT2D eigenvalue weighted by Crippen LogP contribution is -2.46. The number of pyridine rings is 2. The van der Waals surface area contributed by atoms with Crippen LogP contribution in [0, 0.1) is 50.5 Å². The number of amidine groups is 1. The van der Waals surface area contributed by atoms with Gasteiger partial charge in [0.25, 0.3) is 0 Å². The first-order chi connectivity index (χ1) is 39.5. The molecule has 0 unspecified atom stereocenters. The summed E-state index contributed by atoms with van der Waals surface area (Å²) in [6.07, 6.45) is -9.94. The molecule has 5 aliphatic heterocycles. The van der Waals surface area contributed by atoms with E-state index in [1.54, 1.807) is 50.2 Å². The van der Waals surface area contributed by atoms with Gasteiger partial charge in [-0.15, -0.1) is 11.8 Å². The Morgan fingerprint density at radius 2 is 1.24 bits per heavy atom. The first-order valence-corrected chi connectivity index (χ1v) is 28.8. The zero-order valence-electron chi connectivity index (χ0n) is 45.5. The normalized spacial score (nSPS) is 24.4. The maximum Gasteiger partial charge on any atom is 0.494 e. The summed E-state index contributed by atoms with van der Waals surface area (Å²) < 4.78 is 165. The number of benzene rings is 3. The van der Waals surface area contributed by atoms with Crippen LogP contribution in [0.1, 0.15) is 83.7 Å². The molecule has 0 spiro atoms. The van der Waals surface area contributed by atoms with Gasteiger partial charge in [-0.3, -0.25) is 19.8 Å². The van der Waals surface area contributed by atoms with Gasteiger partial charge in [0, 0.05) is 56.5 Å². The van der Waals surface area contributed by atoms with Crippen LogP contribution >= 0.6 is 46.1 Å². The minimum absolute atomic E-state index is 0.00183. The van der Waals surface area contributed by atoms with Crippen LogP contribution in [0.2, 0.25) is 0 Å². The molecule has 12 nitrogen and oxygen atoms in total. The largest absolute Gasteiger partial charge is 0.494 e. The van der Waals surface area contributed by atoms with Gasteiger partial charge >= 0.3 is 19.5 Å². The molecule has 5 aromatic rings. The van der Waals surface area contributed by atoms with Crippen molar-refractivity contribution in [3.05, 3.63) is 175 Å². The van der Waals surface area contributed by atoms with Gasteiger partial charge in [-0.2, -0.15) is 26.3 Å². The third kappa shape index (κ3) is 13.3. The quantitative estimate of drug-likeness (QED) is 0.0499. The van der Waals surface area contributed by atoms with E-state index in [0.29, 0.717) is 38.6 Å². The van der Waals surface area contributed by atoms with Crippen molar-refractivity contribution in [3.63, 3.8) is 0 Å². The molecule has 3 aromatic carbocycles. The molecule has 6 atom stereocenters. The third-order valence-electron chi connectivity index (χ3n) is 15.1. The van der Waals surface area contributed by atoms with E-state index in [0.717, 1.165) is 35.7 Å². The Labute approximate surface area is 500 Å². The van der Waals surface area contributed by atoms with Crippen LogP contribution in [0.5, 0.6) is 0 Å². The second kappa shape index (κ2) is 25.1. The smallest absolute Gasteiger partial charge is 0.399 e. The number of fused-ring (bicyclic) bond motifs is 2. The predicted octanol–water partition coefficient (Wildman–Crippen LogP) is 14.3. The van der Waals surface area contributed by atoms with Crippen molar-refractivity contribution in [2.24, 2.45) is 27.6 Å². The van der Waals surface area contributed by atoms with Crippen molar-refractivity contribution in [2.75, 3.05) is 24.7 Å². The molecule has 84 heavy (non-hydrogen) atoms. The van der Waals surface area contributed by atoms with Crippen molar-refractivity contribution in [1.82, 2.24) is 9.97 Å². The van der Waals surface area contributed by atoms with Crippen LogP contribution in [0.3, 0.4) is 0 Å². The average molecular weight is 1320 g/mol. The molecule has 3 fully saturated rings. The van der Waals surface area contributed by atoms with E-state index in [1.807, 2.05) is 50.3 Å². The number of carbonyl (C=O) groups excluding carboxylic acids is 1. The lowest BCUT2D eigenvalue weighted by Gasteiger charge is -2.37. The molecule has 0 radical (unpaired) electrons. The summed E-state index contributed by atoms with van der Waals surface area (Å²) >= 11 is 3.86. The number of thioether (sulfide) groups is 2. The molecule has 10 rings (SSSR count). The molecule has 2 aromatic heterocycles. The highest BCUT2D eigenvalue weighted by atomic mass is 127. The van der Waals surface area contributed by atoms with Gasteiger partial charge in [0.15, 0.2) is 29.0 Å². The summed E-state index contributed by atoms with van der Waals surface area (Å²) in [7, 11) is -0.837. The first-order valence-electron chi connectivity index (χ1n) is 25.6. The van der Waals surface area contributed by atoms with Gasteiger partial charge in [-0.05, 0) is 123 Å². The molecule has 5 aliphatic rings. The highest BCUT2D eigenvalue weighted by molar-refractivity contribution is 14.1. The number of rotatable bonds is 9. The lowest BCUT2D eigenvalue weighted by atomic mass is 9.73. The topological polar surface area (TPSA) is 139 Å². The number of carbonyl (C=O) groups is 1. The predicted molar refractivity (Wildman–Crippen MR) is 312 cm³/mol. The van der Waals surface area contributed by atoms with E-state index in [4.69, 9.17) is 37.7 Å². The third-order valence-corrected chi connectivity index (χ3v) is 17.7. The number of aryl methyl sites for hydroxylation is 2. The number of ether oxygens (including phenoxy) is 2. The van der Waals surface area contributed by atoms with Gasteiger partial charge in [-0.25, -0.2) is 32.2 Å². The molecule has 0 amide bonds. The van der Waals surface area contributed by atoms with E-state index >= 15 is 4.39 Å². The monoisotopic (exact) mass is 1320 g/mol. The number of hydrogen-bond acceptors (Lipinski definition) is 12. The Hall–Kier alpha value is -6.14. The van der Waals surface area contributed by atoms with Crippen molar-refractivity contribution >= 4 is 104 Å². The number of halogens is 11. The van der Waals surface area contributed by atoms with Crippen molar-refractivity contribution in [1.29, 1.82) is 0 Å². The van der Waals surface area contributed by atoms with Crippen molar-refractivity contribution in [3.8, 4) is 0 Å². The second-order valence-corrected chi connectivity index (χ2v) is 23.9. The number of aromatic nitrogens is 2. The molecule has 0 saturated carbocycles.